The minimum absolute atomic E-state index is 0.0781. The predicted octanol–water partition coefficient (Wildman–Crippen LogP) is 6.59. The van der Waals surface area contributed by atoms with Gasteiger partial charge >= 0.3 is 0 Å². The lowest BCUT2D eigenvalue weighted by atomic mass is 9.43. The van der Waals surface area contributed by atoms with Crippen LogP contribution in [0.1, 0.15) is 125 Å². The summed E-state index contributed by atoms with van der Waals surface area (Å²) in [6.45, 7) is 14.0. The smallest absolute Gasteiger partial charge is 0.201 e. The van der Waals surface area contributed by atoms with Gasteiger partial charge in [0.15, 0.2) is 18.2 Å². The van der Waals surface area contributed by atoms with Crippen LogP contribution in [0.5, 0.6) is 0 Å². The summed E-state index contributed by atoms with van der Waals surface area (Å²) in [5.74, 6) is 2.72. The van der Waals surface area contributed by atoms with Crippen molar-refractivity contribution in [3.05, 3.63) is 0 Å². The van der Waals surface area contributed by atoms with Gasteiger partial charge in [-0.25, -0.2) is 9.78 Å². The summed E-state index contributed by atoms with van der Waals surface area (Å²) < 4.78 is 20.4. The Hall–Kier alpha value is -0.320. The highest BCUT2D eigenvalue weighted by atomic mass is 17.3. The molecule has 0 amide bonds. The second kappa shape index (κ2) is 11.9. The van der Waals surface area contributed by atoms with Crippen LogP contribution in [-0.2, 0) is 24.0 Å². The lowest BCUT2D eigenvalue weighted by molar-refractivity contribution is -0.578. The standard InChI is InChI=1S/C39H64O8/c1-21(8-7-17-40)26-11-12-29-33-30(20-32(42)38(26,29)6)36(4)15-13-25(18-24(36)19-31(33)41)43-34-23(3)28-10-9-22(2)27-14-16-37(5)45-35(44-34)39(27,28)47-46-37/h21-35,40-42H,7-20H2,1-6H3/t21-,22-,23-,24+,25-,26-,27+,28+,29+,30+,31-,32+,33+,34+,35-,36+,37+,38-,39-/m1/s1. The molecule has 9 fully saturated rings. The van der Waals surface area contributed by atoms with E-state index in [4.69, 9.17) is 24.0 Å². The summed E-state index contributed by atoms with van der Waals surface area (Å²) >= 11 is 0. The van der Waals surface area contributed by atoms with Gasteiger partial charge in [-0.3, -0.25) is 0 Å². The Bertz CT molecular complexity index is 1170. The molecule has 0 unspecified atom stereocenters. The molecule has 5 saturated carbocycles. The zero-order chi connectivity index (χ0) is 33.1. The van der Waals surface area contributed by atoms with Crippen LogP contribution in [0.15, 0.2) is 0 Å². The molecule has 4 heterocycles. The predicted molar refractivity (Wildman–Crippen MR) is 175 cm³/mol. The van der Waals surface area contributed by atoms with Crippen LogP contribution in [-0.4, -0.2) is 64.2 Å². The van der Waals surface area contributed by atoms with Gasteiger partial charge in [0.1, 0.15) is 0 Å². The van der Waals surface area contributed by atoms with Gasteiger partial charge in [-0.05, 0) is 142 Å². The molecule has 0 aromatic heterocycles. The molecule has 268 valence electrons. The van der Waals surface area contributed by atoms with Gasteiger partial charge in [0.25, 0.3) is 0 Å². The number of hydrogen-bond donors (Lipinski definition) is 3. The summed E-state index contributed by atoms with van der Waals surface area (Å²) in [5.41, 5.74) is -0.647. The average molecular weight is 661 g/mol. The van der Waals surface area contributed by atoms with Crippen LogP contribution in [0.4, 0.5) is 0 Å². The molecule has 4 aliphatic heterocycles. The van der Waals surface area contributed by atoms with Crippen LogP contribution in [0, 0.1) is 70.0 Å². The Morgan fingerprint density at radius 1 is 0.851 bits per heavy atom. The van der Waals surface area contributed by atoms with E-state index in [1.807, 2.05) is 6.92 Å². The minimum atomic E-state index is -0.790. The van der Waals surface area contributed by atoms with Crippen molar-refractivity contribution in [1.29, 1.82) is 0 Å². The van der Waals surface area contributed by atoms with E-state index in [2.05, 4.69) is 34.6 Å². The summed E-state index contributed by atoms with van der Waals surface area (Å²) in [6.07, 6.45) is 11.3. The summed E-state index contributed by atoms with van der Waals surface area (Å²) in [4.78, 5) is 12.4. The van der Waals surface area contributed by atoms with Crippen molar-refractivity contribution in [3.8, 4) is 0 Å². The third-order valence-corrected chi connectivity index (χ3v) is 16.7. The van der Waals surface area contributed by atoms with Crippen LogP contribution < -0.4 is 0 Å². The molecule has 8 nitrogen and oxygen atoms in total. The highest BCUT2D eigenvalue weighted by Gasteiger charge is 2.70. The first-order valence-corrected chi connectivity index (χ1v) is 19.7. The summed E-state index contributed by atoms with van der Waals surface area (Å²) in [7, 11) is 0. The fourth-order valence-corrected chi connectivity index (χ4v) is 14.1. The van der Waals surface area contributed by atoms with Crippen LogP contribution in [0.2, 0.25) is 0 Å². The van der Waals surface area contributed by atoms with Gasteiger partial charge < -0.3 is 29.5 Å². The second-order valence-electron chi connectivity index (χ2n) is 18.7. The van der Waals surface area contributed by atoms with E-state index in [1.54, 1.807) is 0 Å². The maximum Gasteiger partial charge on any atom is 0.201 e. The van der Waals surface area contributed by atoms with Crippen LogP contribution in [0.25, 0.3) is 0 Å². The van der Waals surface area contributed by atoms with E-state index in [0.29, 0.717) is 41.4 Å². The fraction of sp³-hybridized carbons (Fsp3) is 1.00. The summed E-state index contributed by atoms with van der Waals surface area (Å²) in [6, 6.07) is 0. The van der Waals surface area contributed by atoms with Crippen molar-refractivity contribution in [1.82, 2.24) is 0 Å². The molecule has 5 aliphatic carbocycles. The molecule has 8 heteroatoms. The molecular formula is C39H64O8. The first kappa shape index (κ1) is 33.8. The number of ether oxygens (including phenoxy) is 3. The van der Waals surface area contributed by atoms with Gasteiger partial charge in [-0.15, -0.1) is 0 Å². The van der Waals surface area contributed by atoms with Crippen molar-refractivity contribution in [2.45, 2.75) is 167 Å². The second-order valence-corrected chi connectivity index (χ2v) is 18.7. The van der Waals surface area contributed by atoms with Gasteiger partial charge in [-0.1, -0.05) is 34.6 Å². The maximum absolute atomic E-state index is 12.0. The van der Waals surface area contributed by atoms with Gasteiger partial charge in [0.2, 0.25) is 5.79 Å². The number of aliphatic hydroxyl groups is 3. The third kappa shape index (κ3) is 4.88. The van der Waals surface area contributed by atoms with Crippen molar-refractivity contribution >= 4 is 0 Å². The topological polar surface area (TPSA) is 107 Å². The lowest BCUT2D eigenvalue weighted by Crippen LogP contribution is -2.70. The molecule has 4 saturated heterocycles. The number of rotatable bonds is 6. The highest BCUT2D eigenvalue weighted by Crippen LogP contribution is 2.69. The zero-order valence-electron chi connectivity index (χ0n) is 29.9. The molecule has 0 aromatic rings. The molecule has 1 spiro atoms. The number of aliphatic hydroxyl groups excluding tert-OH is 3. The SMILES string of the molecule is C[C@H]1[C@@H](O[C@@H]2CC[C@@]3(C)[C@@H](C2)C[C@@H](O)[C@@H]2[C@@H]3C[C@H](O)[C@]3(C)[C@@H]([C@H](C)CCCO)CC[C@@H]23)O[C@@H]2O[C@]3(C)CC[C@H]4[C@H](C)CC[C@@H]1[C@@]24OO3. The van der Waals surface area contributed by atoms with Gasteiger partial charge in [-0.2, -0.15) is 0 Å². The minimum Gasteiger partial charge on any atom is -0.396 e. The third-order valence-electron chi connectivity index (χ3n) is 16.7. The quantitative estimate of drug-likeness (QED) is 0.217. The van der Waals surface area contributed by atoms with E-state index < -0.39 is 17.7 Å². The Kier molecular flexibility index (Phi) is 8.53. The van der Waals surface area contributed by atoms with Crippen LogP contribution >= 0.6 is 0 Å². The van der Waals surface area contributed by atoms with E-state index in [-0.39, 0.29) is 59.8 Å². The largest absolute Gasteiger partial charge is 0.396 e. The Labute approximate surface area is 282 Å². The lowest BCUT2D eigenvalue weighted by Gasteiger charge is -2.64. The Morgan fingerprint density at radius 3 is 2.43 bits per heavy atom. The highest BCUT2D eigenvalue weighted by molar-refractivity contribution is 5.15. The van der Waals surface area contributed by atoms with E-state index >= 15 is 0 Å². The normalized spacial score (nSPS) is 58.9. The fourth-order valence-electron chi connectivity index (χ4n) is 14.1. The van der Waals surface area contributed by atoms with Crippen molar-refractivity contribution in [2.75, 3.05) is 6.61 Å². The molecular weight excluding hydrogens is 596 g/mol. The molecule has 47 heavy (non-hydrogen) atoms. The van der Waals surface area contributed by atoms with Crippen molar-refractivity contribution in [2.24, 2.45) is 70.0 Å². The molecule has 0 aromatic carbocycles. The zero-order valence-corrected chi connectivity index (χ0v) is 29.9. The molecule has 3 N–H and O–H groups in total. The maximum atomic E-state index is 12.0. The van der Waals surface area contributed by atoms with Crippen molar-refractivity contribution < 1.29 is 39.3 Å². The molecule has 0 radical (unpaired) electrons. The van der Waals surface area contributed by atoms with Crippen LogP contribution in [0.3, 0.4) is 0 Å². The van der Waals surface area contributed by atoms with Crippen molar-refractivity contribution in [3.63, 3.8) is 0 Å². The average Bonchev–Trinajstić information content (AvgIpc) is 3.24. The summed E-state index contributed by atoms with van der Waals surface area (Å²) in [5, 5.41) is 33.4. The molecule has 9 aliphatic rings. The Balaban J connectivity index is 0.980. The van der Waals surface area contributed by atoms with Gasteiger partial charge in [0.05, 0.1) is 18.3 Å². The van der Waals surface area contributed by atoms with E-state index in [9.17, 15) is 15.3 Å². The number of hydrogen-bond acceptors (Lipinski definition) is 8. The number of fused-ring (bicyclic) bond motifs is 7. The first-order valence-electron chi connectivity index (χ1n) is 19.7. The van der Waals surface area contributed by atoms with E-state index in [0.717, 1.165) is 77.0 Å². The molecule has 19 atom stereocenters. The van der Waals surface area contributed by atoms with E-state index in [1.165, 1.54) is 6.42 Å². The molecule has 2 bridgehead atoms. The first-order chi connectivity index (χ1) is 22.4. The Morgan fingerprint density at radius 2 is 1.64 bits per heavy atom. The van der Waals surface area contributed by atoms with Gasteiger partial charge in [0, 0.05) is 24.9 Å². The monoisotopic (exact) mass is 660 g/mol. The molecule has 9 rings (SSSR count).